The number of benzene rings is 2. The molecule has 2 aromatic carbocycles. The Morgan fingerprint density at radius 2 is 1.89 bits per heavy atom. The van der Waals surface area contributed by atoms with Crippen molar-refractivity contribution in [2.24, 2.45) is 4.99 Å². The average molecular weight is 398 g/mol. The van der Waals surface area contributed by atoms with Crippen LogP contribution in [0.15, 0.2) is 46.3 Å². The largest absolute Gasteiger partial charge is 0.493 e. The minimum Gasteiger partial charge on any atom is -0.493 e. The fourth-order valence-electron chi connectivity index (χ4n) is 2.55. The maximum atomic E-state index is 12.3. The lowest BCUT2D eigenvalue weighted by atomic mass is 10.1. The number of amidine groups is 1. The molecule has 3 rings (SSSR count). The summed E-state index contributed by atoms with van der Waals surface area (Å²) in [5.74, 6) is -0.136. The number of carbonyl (C=O) groups excluding carboxylic acids is 1. The third-order valence-electron chi connectivity index (χ3n) is 4.03. The topological polar surface area (TPSA) is 97.2 Å². The number of nitrogens with one attached hydrogen (secondary N) is 1. The summed E-state index contributed by atoms with van der Waals surface area (Å²) in [4.78, 5) is 28.3. The van der Waals surface area contributed by atoms with Crippen molar-refractivity contribution in [3.05, 3.63) is 58.0 Å². The van der Waals surface area contributed by atoms with E-state index in [9.17, 15) is 9.59 Å². The second kappa shape index (κ2) is 8.18. The lowest BCUT2D eigenvalue weighted by Crippen LogP contribution is -2.19. The van der Waals surface area contributed by atoms with Crippen LogP contribution in [0.1, 0.15) is 21.5 Å². The van der Waals surface area contributed by atoms with Gasteiger partial charge in [-0.25, -0.2) is 9.79 Å². The van der Waals surface area contributed by atoms with E-state index in [1.165, 1.54) is 23.9 Å². The van der Waals surface area contributed by atoms with Gasteiger partial charge in [-0.2, -0.15) is 0 Å². The fraction of sp³-hybridized carbons (Fsp3) is 0.150. The molecule has 0 spiro atoms. The molecule has 0 aromatic heterocycles. The van der Waals surface area contributed by atoms with Gasteiger partial charge in [0.25, 0.3) is 5.91 Å². The zero-order chi connectivity index (χ0) is 20.3. The molecule has 8 heteroatoms. The number of aromatic carboxylic acids is 1. The Labute approximate surface area is 166 Å². The molecule has 0 unspecified atom stereocenters. The molecule has 1 heterocycles. The first kappa shape index (κ1) is 19.5. The van der Waals surface area contributed by atoms with Crippen molar-refractivity contribution in [1.82, 2.24) is 5.32 Å². The number of aliphatic imine (C=N–C) groups is 1. The van der Waals surface area contributed by atoms with Crippen LogP contribution in [0.5, 0.6) is 11.5 Å². The number of aryl methyl sites for hydroxylation is 1. The van der Waals surface area contributed by atoms with Gasteiger partial charge in [-0.1, -0.05) is 12.1 Å². The summed E-state index contributed by atoms with van der Waals surface area (Å²) in [7, 11) is 3.10. The van der Waals surface area contributed by atoms with Gasteiger partial charge in [0, 0.05) is 0 Å². The summed E-state index contributed by atoms with van der Waals surface area (Å²) >= 11 is 1.19. The van der Waals surface area contributed by atoms with Crippen molar-refractivity contribution in [1.29, 1.82) is 0 Å². The van der Waals surface area contributed by atoms with Crippen molar-refractivity contribution < 1.29 is 24.2 Å². The lowest BCUT2D eigenvalue weighted by Gasteiger charge is -2.07. The van der Waals surface area contributed by atoms with Crippen LogP contribution in [-0.4, -0.2) is 36.4 Å². The highest BCUT2D eigenvalue weighted by atomic mass is 32.2. The summed E-state index contributed by atoms with van der Waals surface area (Å²) in [6.45, 7) is 1.83. The third kappa shape index (κ3) is 4.17. The molecule has 0 radical (unpaired) electrons. The Hall–Kier alpha value is -3.26. The summed E-state index contributed by atoms with van der Waals surface area (Å²) in [6.07, 6.45) is 1.73. The minimum atomic E-state index is -1.03. The molecule has 0 aliphatic carbocycles. The van der Waals surface area contributed by atoms with E-state index >= 15 is 0 Å². The van der Waals surface area contributed by atoms with Gasteiger partial charge in [0.05, 0.1) is 30.4 Å². The van der Waals surface area contributed by atoms with Crippen molar-refractivity contribution in [2.45, 2.75) is 6.92 Å². The van der Waals surface area contributed by atoms with Gasteiger partial charge in [0.2, 0.25) is 0 Å². The molecule has 1 saturated heterocycles. The van der Waals surface area contributed by atoms with Gasteiger partial charge >= 0.3 is 5.97 Å². The van der Waals surface area contributed by atoms with E-state index in [1.54, 1.807) is 38.5 Å². The van der Waals surface area contributed by atoms with Crippen LogP contribution in [0.3, 0.4) is 0 Å². The number of amides is 1. The summed E-state index contributed by atoms with van der Waals surface area (Å²) < 4.78 is 10.5. The van der Waals surface area contributed by atoms with E-state index in [4.69, 9.17) is 14.6 Å². The molecular formula is C20H18N2O5S. The highest BCUT2D eigenvalue weighted by Gasteiger charge is 2.24. The number of hydrogen-bond acceptors (Lipinski definition) is 6. The van der Waals surface area contributed by atoms with Crippen LogP contribution in [0.2, 0.25) is 0 Å². The van der Waals surface area contributed by atoms with Gasteiger partial charge in [-0.3, -0.25) is 4.79 Å². The molecule has 2 N–H and O–H groups in total. The normalized spacial score (nSPS) is 16.3. The number of ether oxygens (including phenoxy) is 2. The maximum Gasteiger partial charge on any atom is 0.335 e. The smallest absolute Gasteiger partial charge is 0.335 e. The molecule has 1 aliphatic rings. The van der Waals surface area contributed by atoms with E-state index in [-0.39, 0.29) is 11.5 Å². The molecule has 0 bridgehead atoms. The third-order valence-corrected chi connectivity index (χ3v) is 4.94. The summed E-state index contributed by atoms with van der Waals surface area (Å²) in [5.41, 5.74) is 2.22. The summed E-state index contributed by atoms with van der Waals surface area (Å²) in [6, 6.07) is 10.0. The molecule has 1 aliphatic heterocycles. The second-order valence-electron chi connectivity index (χ2n) is 5.90. The Balaban J connectivity index is 1.88. The van der Waals surface area contributed by atoms with Crippen LogP contribution in [0, 0.1) is 6.92 Å². The molecule has 0 saturated carbocycles. The number of carbonyl (C=O) groups is 2. The van der Waals surface area contributed by atoms with Gasteiger partial charge in [0.15, 0.2) is 16.7 Å². The Bertz CT molecular complexity index is 1010. The van der Waals surface area contributed by atoms with E-state index < -0.39 is 5.97 Å². The van der Waals surface area contributed by atoms with E-state index in [0.717, 1.165) is 11.1 Å². The molecule has 0 atom stereocenters. The van der Waals surface area contributed by atoms with Crippen molar-refractivity contribution in [3.63, 3.8) is 0 Å². The molecule has 1 amide bonds. The molecule has 2 aromatic rings. The number of carboxylic acids is 1. The standard InChI is InChI=1S/C20H18N2O5S/c1-11-4-6-13(19(24)25)10-14(11)21-20-22-18(23)17(28-20)9-12-5-7-15(26-2)16(8-12)27-3/h4-10H,1-3H3,(H,24,25)(H,21,22,23). The van der Waals surface area contributed by atoms with Gasteiger partial charge in [-0.15, -0.1) is 0 Å². The number of thioether (sulfide) groups is 1. The van der Waals surface area contributed by atoms with Crippen LogP contribution in [-0.2, 0) is 4.79 Å². The second-order valence-corrected chi connectivity index (χ2v) is 6.93. The van der Waals surface area contributed by atoms with Crippen molar-refractivity contribution in [3.8, 4) is 11.5 Å². The van der Waals surface area contributed by atoms with Crippen molar-refractivity contribution >= 4 is 40.6 Å². The zero-order valence-electron chi connectivity index (χ0n) is 15.5. The SMILES string of the molecule is COc1ccc(C=C2SC(=Nc3cc(C(=O)O)ccc3C)NC2=O)cc1OC. The van der Waals surface area contributed by atoms with Crippen LogP contribution >= 0.6 is 11.8 Å². The number of hydrogen-bond donors (Lipinski definition) is 2. The van der Waals surface area contributed by atoms with Gasteiger partial charge in [-0.05, 0) is 60.2 Å². The molecule has 28 heavy (non-hydrogen) atoms. The predicted octanol–water partition coefficient (Wildman–Crippen LogP) is 3.60. The number of rotatable bonds is 5. The van der Waals surface area contributed by atoms with Crippen LogP contribution in [0.25, 0.3) is 6.08 Å². The minimum absolute atomic E-state index is 0.139. The zero-order valence-corrected chi connectivity index (χ0v) is 16.3. The van der Waals surface area contributed by atoms with E-state index in [1.807, 2.05) is 13.0 Å². The summed E-state index contributed by atoms with van der Waals surface area (Å²) in [5, 5.41) is 12.2. The number of methoxy groups -OCH3 is 2. The Kier molecular flexibility index (Phi) is 5.70. The first-order chi connectivity index (χ1) is 13.4. The lowest BCUT2D eigenvalue weighted by molar-refractivity contribution is -0.115. The van der Waals surface area contributed by atoms with Gasteiger partial charge < -0.3 is 19.9 Å². The fourth-order valence-corrected chi connectivity index (χ4v) is 3.38. The van der Waals surface area contributed by atoms with Gasteiger partial charge in [0.1, 0.15) is 0 Å². The average Bonchev–Trinajstić information content (AvgIpc) is 3.02. The maximum absolute atomic E-state index is 12.3. The van der Waals surface area contributed by atoms with E-state index in [0.29, 0.717) is 27.3 Å². The molecule has 144 valence electrons. The predicted molar refractivity (Wildman–Crippen MR) is 108 cm³/mol. The van der Waals surface area contributed by atoms with Crippen LogP contribution in [0.4, 0.5) is 5.69 Å². The Morgan fingerprint density at radius 3 is 2.57 bits per heavy atom. The number of nitrogens with zero attached hydrogens (tertiary/aromatic N) is 1. The van der Waals surface area contributed by atoms with Crippen molar-refractivity contribution in [2.75, 3.05) is 14.2 Å². The molecule has 1 fully saturated rings. The molecule has 7 nitrogen and oxygen atoms in total. The first-order valence-corrected chi connectivity index (χ1v) is 9.08. The monoisotopic (exact) mass is 398 g/mol. The Morgan fingerprint density at radius 1 is 1.14 bits per heavy atom. The van der Waals surface area contributed by atoms with E-state index in [2.05, 4.69) is 10.3 Å². The first-order valence-electron chi connectivity index (χ1n) is 8.27. The quantitative estimate of drug-likeness (QED) is 0.747. The highest BCUT2D eigenvalue weighted by Crippen LogP contribution is 2.32. The highest BCUT2D eigenvalue weighted by molar-refractivity contribution is 8.18. The molecular weight excluding hydrogens is 380 g/mol. The number of carboxylic acid groups (broad SMARTS) is 1. The van der Waals surface area contributed by atoms with Crippen LogP contribution < -0.4 is 14.8 Å².